The third-order valence-electron chi connectivity index (χ3n) is 3.97. The second-order valence-corrected chi connectivity index (χ2v) is 6.77. The van der Waals surface area contributed by atoms with Gasteiger partial charge in [-0.25, -0.2) is 0 Å². The normalized spacial score (nSPS) is 15.3. The number of carbonyl (C=O) groups is 1. The molecule has 1 N–H and O–H groups in total. The summed E-state index contributed by atoms with van der Waals surface area (Å²) in [6, 6.07) is 6.98. The number of hydrogen-bond donors (Lipinski definition) is 1. The van der Waals surface area contributed by atoms with E-state index in [-0.39, 0.29) is 17.8 Å². The van der Waals surface area contributed by atoms with E-state index in [4.69, 9.17) is 9.15 Å². The van der Waals surface area contributed by atoms with Crippen LogP contribution in [-0.2, 0) is 0 Å². The van der Waals surface area contributed by atoms with Crippen molar-refractivity contribution in [3.8, 4) is 17.6 Å². The van der Waals surface area contributed by atoms with Gasteiger partial charge in [0.1, 0.15) is 17.5 Å². The number of amides is 1. The molecule has 6 heteroatoms. The van der Waals surface area contributed by atoms with Crippen molar-refractivity contribution in [1.29, 1.82) is 0 Å². The minimum Gasteiger partial charge on any atom is -0.489 e. The van der Waals surface area contributed by atoms with E-state index in [2.05, 4.69) is 16.8 Å². The van der Waals surface area contributed by atoms with E-state index in [1.165, 1.54) is 0 Å². The summed E-state index contributed by atoms with van der Waals surface area (Å²) in [7, 11) is 0. The van der Waals surface area contributed by atoms with Crippen LogP contribution in [0.3, 0.4) is 0 Å². The molecule has 0 saturated carbocycles. The smallest absolute Gasteiger partial charge is 0.289 e. The Hall–Kier alpha value is -2.78. The minimum atomic E-state index is -1.10. The maximum atomic E-state index is 12.6. The number of piperidine rings is 1. The number of ether oxygens (including phenoxy) is 1. The lowest BCUT2D eigenvalue weighted by Gasteiger charge is -2.31. The highest BCUT2D eigenvalue weighted by atomic mass is 16.5. The third-order valence-corrected chi connectivity index (χ3v) is 3.97. The summed E-state index contributed by atoms with van der Waals surface area (Å²) in [6.07, 6.45) is 4.99. The summed E-state index contributed by atoms with van der Waals surface area (Å²) in [5, 5.41) is 9.62. The van der Waals surface area contributed by atoms with E-state index in [0.29, 0.717) is 18.8 Å². The molecule has 0 atom stereocenters. The summed E-state index contributed by atoms with van der Waals surface area (Å²) in [5.74, 6) is 6.62. The first-order chi connectivity index (χ1) is 12.4. The van der Waals surface area contributed by atoms with Crippen LogP contribution in [0.5, 0.6) is 5.75 Å². The van der Waals surface area contributed by atoms with Gasteiger partial charge in [-0.2, -0.15) is 0 Å². The highest BCUT2D eigenvalue weighted by Crippen LogP contribution is 2.20. The van der Waals surface area contributed by atoms with Crippen molar-refractivity contribution in [3.05, 3.63) is 48.2 Å². The first-order valence-electron chi connectivity index (χ1n) is 8.62. The number of furan rings is 1. The van der Waals surface area contributed by atoms with Gasteiger partial charge < -0.3 is 19.2 Å². The lowest BCUT2D eigenvalue weighted by molar-refractivity contribution is 0.0565. The first-order valence-corrected chi connectivity index (χ1v) is 8.62. The minimum absolute atomic E-state index is 0.0769. The van der Waals surface area contributed by atoms with E-state index >= 15 is 0 Å². The Morgan fingerprint density at radius 2 is 2.12 bits per heavy atom. The van der Waals surface area contributed by atoms with Gasteiger partial charge in [0.05, 0.1) is 6.20 Å². The van der Waals surface area contributed by atoms with Gasteiger partial charge in [-0.1, -0.05) is 5.92 Å². The fourth-order valence-corrected chi connectivity index (χ4v) is 2.68. The van der Waals surface area contributed by atoms with Gasteiger partial charge in [-0.05, 0) is 44.0 Å². The molecule has 3 heterocycles. The van der Waals surface area contributed by atoms with Gasteiger partial charge in [-0.3, -0.25) is 9.78 Å². The zero-order chi connectivity index (χ0) is 18.6. The summed E-state index contributed by atoms with van der Waals surface area (Å²) in [5.41, 5.74) is -1.10. The molecule has 0 radical (unpaired) electrons. The SMILES string of the molecule is CC(C)(O)C#Cc1ccc(C(=O)N2CCC(Oc3cccnc3)CC2)o1. The number of aliphatic hydroxyl groups is 1. The summed E-state index contributed by atoms with van der Waals surface area (Å²) < 4.78 is 11.4. The Morgan fingerprint density at radius 1 is 1.35 bits per heavy atom. The second kappa shape index (κ2) is 7.63. The number of likely N-dealkylation sites (tertiary alicyclic amines) is 1. The third kappa shape index (κ3) is 4.87. The lowest BCUT2D eigenvalue weighted by Crippen LogP contribution is -2.41. The van der Waals surface area contributed by atoms with Gasteiger partial charge in [-0.15, -0.1) is 0 Å². The summed E-state index contributed by atoms with van der Waals surface area (Å²) in [6.45, 7) is 4.39. The van der Waals surface area contributed by atoms with Crippen molar-refractivity contribution in [2.75, 3.05) is 13.1 Å². The molecule has 136 valence electrons. The molecule has 1 saturated heterocycles. The molecule has 0 unspecified atom stereocenters. The van der Waals surface area contributed by atoms with Crippen LogP contribution >= 0.6 is 0 Å². The Bertz CT molecular complexity index is 804. The van der Waals surface area contributed by atoms with Crippen molar-refractivity contribution in [2.45, 2.75) is 38.4 Å². The molecule has 0 aliphatic carbocycles. The van der Waals surface area contributed by atoms with Crippen molar-refractivity contribution in [3.63, 3.8) is 0 Å². The second-order valence-electron chi connectivity index (χ2n) is 6.77. The van der Waals surface area contributed by atoms with Crippen LogP contribution in [0.4, 0.5) is 0 Å². The average molecular weight is 354 g/mol. The maximum Gasteiger partial charge on any atom is 0.289 e. The van der Waals surface area contributed by atoms with Gasteiger partial charge in [0, 0.05) is 32.1 Å². The largest absolute Gasteiger partial charge is 0.489 e. The van der Waals surface area contributed by atoms with Crippen LogP contribution in [0.15, 0.2) is 41.1 Å². The van der Waals surface area contributed by atoms with Crippen LogP contribution in [0, 0.1) is 11.8 Å². The lowest BCUT2D eigenvalue weighted by atomic mass is 10.1. The highest BCUT2D eigenvalue weighted by Gasteiger charge is 2.26. The van der Waals surface area contributed by atoms with Crippen molar-refractivity contribution in [2.24, 2.45) is 0 Å². The Labute approximate surface area is 152 Å². The molecule has 1 fully saturated rings. The van der Waals surface area contributed by atoms with Gasteiger partial charge in [0.15, 0.2) is 11.5 Å². The van der Waals surface area contributed by atoms with Gasteiger partial charge >= 0.3 is 0 Å². The van der Waals surface area contributed by atoms with E-state index in [1.807, 2.05) is 12.1 Å². The molecule has 1 aliphatic heterocycles. The van der Waals surface area contributed by atoms with E-state index < -0.39 is 5.60 Å². The molecule has 2 aromatic rings. The Kier molecular flexibility index (Phi) is 5.29. The van der Waals surface area contributed by atoms with Gasteiger partial charge in [0.25, 0.3) is 5.91 Å². The Morgan fingerprint density at radius 3 is 2.77 bits per heavy atom. The zero-order valence-electron chi connectivity index (χ0n) is 14.9. The fraction of sp³-hybridized carbons (Fsp3) is 0.400. The highest BCUT2D eigenvalue weighted by molar-refractivity contribution is 5.91. The monoisotopic (exact) mass is 354 g/mol. The number of hydrogen-bond acceptors (Lipinski definition) is 5. The molecule has 3 rings (SSSR count). The van der Waals surface area contributed by atoms with Gasteiger partial charge in [0.2, 0.25) is 0 Å². The molecule has 1 amide bonds. The number of nitrogens with zero attached hydrogens (tertiary/aromatic N) is 2. The maximum absolute atomic E-state index is 12.6. The molecule has 2 aromatic heterocycles. The molecular weight excluding hydrogens is 332 g/mol. The first kappa shape index (κ1) is 18.0. The van der Waals surface area contributed by atoms with Crippen LogP contribution in [-0.4, -0.2) is 45.7 Å². The number of aromatic nitrogens is 1. The zero-order valence-corrected chi connectivity index (χ0v) is 14.9. The number of pyridine rings is 1. The number of carbonyl (C=O) groups excluding carboxylic acids is 1. The molecule has 0 spiro atoms. The van der Waals surface area contributed by atoms with Crippen molar-refractivity contribution < 1.29 is 19.1 Å². The molecular formula is C20H22N2O4. The molecule has 0 bridgehead atoms. The van der Waals surface area contributed by atoms with Crippen molar-refractivity contribution in [1.82, 2.24) is 9.88 Å². The van der Waals surface area contributed by atoms with Crippen LogP contribution in [0.1, 0.15) is 43.0 Å². The van der Waals surface area contributed by atoms with Crippen LogP contribution in [0.25, 0.3) is 0 Å². The van der Waals surface area contributed by atoms with E-state index in [0.717, 1.165) is 18.6 Å². The molecule has 0 aromatic carbocycles. The molecule has 26 heavy (non-hydrogen) atoms. The molecule has 6 nitrogen and oxygen atoms in total. The van der Waals surface area contributed by atoms with E-state index in [1.54, 1.807) is 43.3 Å². The molecule has 1 aliphatic rings. The summed E-state index contributed by atoms with van der Waals surface area (Å²) >= 11 is 0. The Balaban J connectivity index is 1.55. The van der Waals surface area contributed by atoms with Crippen LogP contribution < -0.4 is 4.74 Å². The topological polar surface area (TPSA) is 75.8 Å². The quantitative estimate of drug-likeness (QED) is 0.857. The fourth-order valence-electron chi connectivity index (χ4n) is 2.68. The van der Waals surface area contributed by atoms with E-state index in [9.17, 15) is 9.90 Å². The predicted molar refractivity (Wildman–Crippen MR) is 95.7 cm³/mol. The van der Waals surface area contributed by atoms with Crippen LogP contribution in [0.2, 0.25) is 0 Å². The van der Waals surface area contributed by atoms with Crippen molar-refractivity contribution >= 4 is 5.91 Å². The standard InChI is InChI=1S/C20H22N2O4/c1-20(2,24)10-7-15-5-6-18(26-15)19(23)22-12-8-16(9-13-22)25-17-4-3-11-21-14-17/h3-6,11,14,16,24H,8-9,12-13H2,1-2H3. The average Bonchev–Trinajstić information content (AvgIpc) is 3.09. The number of rotatable bonds is 3. The predicted octanol–water partition coefficient (Wildman–Crippen LogP) is 2.48. The summed E-state index contributed by atoms with van der Waals surface area (Å²) in [4.78, 5) is 18.4.